The Hall–Kier alpha value is -2.13. The lowest BCUT2D eigenvalue weighted by atomic mass is 9.98. The van der Waals surface area contributed by atoms with E-state index in [2.05, 4.69) is 5.32 Å². The monoisotopic (exact) mass is 381 g/mol. The second-order valence-corrected chi connectivity index (χ2v) is 7.50. The molecule has 2 unspecified atom stereocenters. The molecule has 2 amide bonds. The van der Waals surface area contributed by atoms with Gasteiger partial charge in [0.15, 0.2) is 5.78 Å². The number of hydrogen-bond acceptors (Lipinski definition) is 8. The molecular formula is C18H27N3O6. The van der Waals surface area contributed by atoms with Crippen molar-refractivity contribution in [1.29, 1.82) is 0 Å². The van der Waals surface area contributed by atoms with Crippen molar-refractivity contribution in [2.45, 2.75) is 70.5 Å². The fourth-order valence-corrected chi connectivity index (χ4v) is 3.41. The van der Waals surface area contributed by atoms with E-state index in [-0.39, 0.29) is 37.6 Å². The van der Waals surface area contributed by atoms with Crippen molar-refractivity contribution in [2.24, 2.45) is 0 Å². The number of aldehydes is 1. The minimum Gasteiger partial charge on any atom is -0.330 e. The lowest BCUT2D eigenvalue weighted by molar-refractivity contribution is -0.197. The molecule has 9 heteroatoms. The van der Waals surface area contributed by atoms with Crippen LogP contribution in [0.3, 0.4) is 0 Å². The molecule has 2 aliphatic rings. The number of nitrogens with zero attached hydrogens (tertiary/aromatic N) is 2. The Kier molecular flexibility index (Phi) is 6.83. The van der Waals surface area contributed by atoms with Gasteiger partial charge in [0.05, 0.1) is 24.0 Å². The standard InChI is InChI=1S/C18H27N3O6/c1-12(17(26)13-5-4-10-20(13)18(2,3)11-22)19-9-8-16(25)27-21-14(23)6-7-15(21)24/h11-13,19H,4-10H2,1-3H3. The van der Waals surface area contributed by atoms with Crippen LogP contribution in [0.25, 0.3) is 0 Å². The summed E-state index contributed by atoms with van der Waals surface area (Å²) in [5, 5.41) is 3.48. The summed E-state index contributed by atoms with van der Waals surface area (Å²) in [4.78, 5) is 65.3. The molecule has 0 aromatic carbocycles. The number of amides is 2. The first-order valence-corrected chi connectivity index (χ1v) is 9.24. The third-order valence-electron chi connectivity index (χ3n) is 5.02. The van der Waals surface area contributed by atoms with Crippen LogP contribution in [0.4, 0.5) is 0 Å². The Morgan fingerprint density at radius 1 is 1.30 bits per heavy atom. The number of nitrogens with one attached hydrogen (secondary N) is 1. The Morgan fingerprint density at radius 2 is 1.93 bits per heavy atom. The molecule has 0 aliphatic carbocycles. The Morgan fingerprint density at radius 3 is 2.52 bits per heavy atom. The molecule has 2 rings (SSSR count). The van der Waals surface area contributed by atoms with Crippen molar-refractivity contribution < 1.29 is 28.8 Å². The van der Waals surface area contributed by atoms with Gasteiger partial charge in [0, 0.05) is 19.4 Å². The van der Waals surface area contributed by atoms with Gasteiger partial charge < -0.3 is 14.9 Å². The third-order valence-corrected chi connectivity index (χ3v) is 5.02. The lowest BCUT2D eigenvalue weighted by Gasteiger charge is -2.35. The first-order chi connectivity index (χ1) is 12.7. The van der Waals surface area contributed by atoms with Crippen molar-refractivity contribution in [3.05, 3.63) is 0 Å². The highest BCUT2D eigenvalue weighted by Gasteiger charge is 2.40. The molecule has 0 aromatic heterocycles. The van der Waals surface area contributed by atoms with Crippen LogP contribution < -0.4 is 5.32 Å². The van der Waals surface area contributed by atoms with Crippen LogP contribution in [0, 0.1) is 0 Å². The molecule has 0 bridgehead atoms. The van der Waals surface area contributed by atoms with E-state index in [4.69, 9.17) is 4.84 Å². The Balaban J connectivity index is 1.79. The maximum absolute atomic E-state index is 12.7. The van der Waals surface area contributed by atoms with Crippen LogP contribution in [0.1, 0.15) is 52.9 Å². The summed E-state index contributed by atoms with van der Waals surface area (Å²) in [6, 6.07) is -0.833. The normalized spacial score (nSPS) is 22.2. The van der Waals surface area contributed by atoms with Gasteiger partial charge in [0.25, 0.3) is 11.8 Å². The van der Waals surface area contributed by atoms with Crippen LogP contribution in [0.2, 0.25) is 0 Å². The molecule has 2 heterocycles. The molecule has 0 aromatic rings. The molecule has 2 saturated heterocycles. The quantitative estimate of drug-likeness (QED) is 0.438. The van der Waals surface area contributed by atoms with Gasteiger partial charge in [0.1, 0.15) is 6.29 Å². The minimum absolute atomic E-state index is 0.0271. The Bertz CT molecular complexity index is 617. The summed E-state index contributed by atoms with van der Waals surface area (Å²) in [5.41, 5.74) is -0.699. The number of hydrogen-bond donors (Lipinski definition) is 1. The predicted octanol–water partition coefficient (Wildman–Crippen LogP) is -0.0272. The molecule has 2 fully saturated rings. The van der Waals surface area contributed by atoms with E-state index in [1.165, 1.54) is 0 Å². The molecule has 0 spiro atoms. The lowest BCUT2D eigenvalue weighted by Crippen LogP contribution is -2.54. The van der Waals surface area contributed by atoms with E-state index < -0.39 is 29.4 Å². The molecule has 2 atom stereocenters. The number of carbonyl (C=O) groups is 5. The largest absolute Gasteiger partial charge is 0.334 e. The van der Waals surface area contributed by atoms with Crippen LogP contribution in [0.15, 0.2) is 0 Å². The van der Waals surface area contributed by atoms with Gasteiger partial charge in [0.2, 0.25) is 0 Å². The second kappa shape index (κ2) is 8.71. The smallest absolute Gasteiger partial charge is 0.330 e. The van der Waals surface area contributed by atoms with Crippen LogP contribution in [-0.4, -0.2) is 70.5 Å². The van der Waals surface area contributed by atoms with Gasteiger partial charge in [-0.15, -0.1) is 5.06 Å². The first-order valence-electron chi connectivity index (χ1n) is 9.24. The zero-order valence-electron chi connectivity index (χ0n) is 16.0. The zero-order chi connectivity index (χ0) is 20.2. The maximum atomic E-state index is 12.7. The highest BCUT2D eigenvalue weighted by Crippen LogP contribution is 2.26. The molecule has 150 valence electrons. The molecular weight excluding hydrogens is 354 g/mol. The second-order valence-electron chi connectivity index (χ2n) is 7.50. The van der Waals surface area contributed by atoms with Crippen molar-refractivity contribution in [3.8, 4) is 0 Å². The van der Waals surface area contributed by atoms with E-state index in [0.29, 0.717) is 18.0 Å². The van der Waals surface area contributed by atoms with Crippen LogP contribution >= 0.6 is 0 Å². The molecule has 0 saturated carbocycles. The molecule has 2 aliphatic heterocycles. The van der Waals surface area contributed by atoms with Crippen LogP contribution in [-0.2, 0) is 28.8 Å². The summed E-state index contributed by atoms with van der Waals surface area (Å²) in [7, 11) is 0. The first kappa shape index (κ1) is 21.2. The maximum Gasteiger partial charge on any atom is 0.334 e. The van der Waals surface area contributed by atoms with Crippen LogP contribution in [0.5, 0.6) is 0 Å². The van der Waals surface area contributed by atoms with E-state index in [0.717, 1.165) is 12.7 Å². The van der Waals surface area contributed by atoms with Crippen molar-refractivity contribution in [2.75, 3.05) is 13.1 Å². The number of ketones is 1. The summed E-state index contributed by atoms with van der Waals surface area (Å²) >= 11 is 0. The summed E-state index contributed by atoms with van der Waals surface area (Å²) in [6.07, 6.45) is 2.42. The van der Waals surface area contributed by atoms with E-state index in [9.17, 15) is 24.0 Å². The minimum atomic E-state index is -0.713. The van der Waals surface area contributed by atoms with Gasteiger partial charge >= 0.3 is 5.97 Å². The van der Waals surface area contributed by atoms with Gasteiger partial charge in [-0.2, -0.15) is 0 Å². The van der Waals surface area contributed by atoms with Crippen molar-refractivity contribution in [3.63, 3.8) is 0 Å². The van der Waals surface area contributed by atoms with E-state index >= 15 is 0 Å². The highest BCUT2D eigenvalue weighted by atomic mass is 16.7. The predicted molar refractivity (Wildman–Crippen MR) is 94.1 cm³/mol. The summed E-state index contributed by atoms with van der Waals surface area (Å²) in [6.45, 7) is 6.16. The number of carbonyl (C=O) groups excluding carboxylic acids is 5. The number of rotatable bonds is 9. The molecule has 27 heavy (non-hydrogen) atoms. The topological polar surface area (TPSA) is 113 Å². The van der Waals surface area contributed by atoms with E-state index in [1.807, 2.05) is 4.90 Å². The number of hydroxylamine groups is 2. The van der Waals surface area contributed by atoms with E-state index in [1.54, 1.807) is 20.8 Å². The van der Waals surface area contributed by atoms with Crippen molar-refractivity contribution in [1.82, 2.24) is 15.3 Å². The number of imide groups is 1. The third kappa shape index (κ3) is 4.98. The van der Waals surface area contributed by atoms with Gasteiger partial charge in [-0.3, -0.25) is 19.3 Å². The highest BCUT2D eigenvalue weighted by molar-refractivity contribution is 6.01. The van der Waals surface area contributed by atoms with Gasteiger partial charge in [-0.25, -0.2) is 4.79 Å². The average Bonchev–Trinajstić information content (AvgIpc) is 3.24. The number of likely N-dealkylation sites (tertiary alicyclic amines) is 1. The molecule has 1 N–H and O–H groups in total. The van der Waals surface area contributed by atoms with Gasteiger partial charge in [-0.05, 0) is 40.2 Å². The number of Topliss-reactive ketones (excluding diaryl/α,β-unsaturated/α-hetero) is 1. The Labute approximate surface area is 158 Å². The fourth-order valence-electron chi connectivity index (χ4n) is 3.41. The molecule has 9 nitrogen and oxygen atoms in total. The summed E-state index contributed by atoms with van der Waals surface area (Å²) < 4.78 is 0. The summed E-state index contributed by atoms with van der Waals surface area (Å²) in [5.74, 6) is -1.79. The molecule has 0 radical (unpaired) electrons. The fraction of sp³-hybridized carbons (Fsp3) is 0.722. The van der Waals surface area contributed by atoms with Gasteiger partial charge in [-0.1, -0.05) is 0 Å². The zero-order valence-corrected chi connectivity index (χ0v) is 16.0. The van der Waals surface area contributed by atoms with Crippen molar-refractivity contribution >= 4 is 29.9 Å². The SMILES string of the molecule is CC(NCCC(=O)ON1C(=O)CCC1=O)C(=O)C1CCCN1C(C)(C)C=O. The average molecular weight is 381 g/mol.